The van der Waals surface area contributed by atoms with Gasteiger partial charge in [0.2, 0.25) is 5.84 Å². The van der Waals surface area contributed by atoms with Crippen molar-refractivity contribution in [3.05, 3.63) is 41.1 Å². The van der Waals surface area contributed by atoms with Crippen LogP contribution >= 0.6 is 0 Å². The molecule has 0 fully saturated rings. The Hall–Kier alpha value is -2.19. The quantitative estimate of drug-likeness (QED) is 0.356. The smallest absolute Gasteiger partial charge is 0.399 e. The number of anilines is 1. The summed E-state index contributed by atoms with van der Waals surface area (Å²) < 4.78 is 79.0. The normalized spacial score (nSPS) is 14.4. The van der Waals surface area contributed by atoms with Crippen molar-refractivity contribution in [3.8, 4) is 0 Å². The first-order valence-corrected chi connectivity index (χ1v) is 7.34. The molecule has 25 heavy (non-hydrogen) atoms. The molecule has 0 atom stereocenters. The third kappa shape index (κ3) is 5.99. The zero-order valence-electron chi connectivity index (χ0n) is 14.0. The summed E-state index contributed by atoms with van der Waals surface area (Å²) in [4.78, 5) is 3.59. The molecule has 2 N–H and O–H groups in total. The molecule has 9 heteroatoms. The van der Waals surface area contributed by atoms with Crippen molar-refractivity contribution >= 4 is 11.5 Å². The average Bonchev–Trinajstić information content (AvgIpc) is 2.46. The van der Waals surface area contributed by atoms with Gasteiger partial charge in [0.1, 0.15) is 5.70 Å². The first-order chi connectivity index (χ1) is 11.4. The minimum absolute atomic E-state index is 0.0643. The van der Waals surface area contributed by atoms with Crippen LogP contribution in [-0.2, 0) is 6.54 Å². The first-order valence-electron chi connectivity index (χ1n) is 7.34. The fourth-order valence-corrected chi connectivity index (χ4v) is 2.01. The number of nitrogens with two attached hydrogens (primary N) is 1. The number of nitrogens with zero attached hydrogens (tertiary/aromatic N) is 2. The lowest BCUT2D eigenvalue weighted by Crippen LogP contribution is -2.39. The molecule has 140 valence electrons. The minimum Gasteiger partial charge on any atom is -0.399 e. The Balaban J connectivity index is 3.30. The number of halogens is 6. The van der Waals surface area contributed by atoms with Gasteiger partial charge >= 0.3 is 12.4 Å². The average molecular weight is 367 g/mol. The molecule has 0 unspecified atom stereocenters. The van der Waals surface area contributed by atoms with E-state index in [2.05, 4.69) is 4.99 Å². The monoisotopic (exact) mass is 367 g/mol. The van der Waals surface area contributed by atoms with E-state index < -0.39 is 23.9 Å². The van der Waals surface area contributed by atoms with Crippen LogP contribution in [-0.4, -0.2) is 30.1 Å². The van der Waals surface area contributed by atoms with Crippen LogP contribution in [0.4, 0.5) is 32.0 Å². The molecule has 0 saturated carbocycles. The van der Waals surface area contributed by atoms with Crippen LogP contribution in [0.5, 0.6) is 0 Å². The molecule has 0 amide bonds. The number of allylic oxidation sites excluding steroid dienone is 2. The van der Waals surface area contributed by atoms with Crippen LogP contribution in [0.15, 0.2) is 40.5 Å². The highest BCUT2D eigenvalue weighted by atomic mass is 19.4. The molecule has 1 aromatic rings. The Morgan fingerprint density at radius 2 is 1.56 bits per heavy atom. The summed E-state index contributed by atoms with van der Waals surface area (Å²) in [6.07, 6.45) is -10.1. The van der Waals surface area contributed by atoms with Gasteiger partial charge in [-0.15, -0.1) is 0 Å². The van der Waals surface area contributed by atoms with Crippen LogP contribution in [0.1, 0.15) is 25.8 Å². The largest absolute Gasteiger partial charge is 0.449 e. The number of amidine groups is 1. The fraction of sp³-hybridized carbons (Fsp3) is 0.438. The molecular formula is C16H19F6N3. The van der Waals surface area contributed by atoms with E-state index in [0.29, 0.717) is 16.2 Å². The maximum absolute atomic E-state index is 13.3. The van der Waals surface area contributed by atoms with Crippen molar-refractivity contribution in [2.24, 2.45) is 4.99 Å². The van der Waals surface area contributed by atoms with Crippen molar-refractivity contribution in [1.29, 1.82) is 0 Å². The number of rotatable bonds is 4. The number of aliphatic imine (C=N–C) groups is 1. The summed E-state index contributed by atoms with van der Waals surface area (Å²) in [7, 11) is 1.04. The second kappa shape index (κ2) is 7.79. The maximum atomic E-state index is 13.3. The van der Waals surface area contributed by atoms with E-state index in [0.717, 1.165) is 14.0 Å². The van der Waals surface area contributed by atoms with Crippen LogP contribution in [0.25, 0.3) is 0 Å². The van der Waals surface area contributed by atoms with Crippen LogP contribution in [0.2, 0.25) is 0 Å². The van der Waals surface area contributed by atoms with Gasteiger partial charge in [0, 0.05) is 19.3 Å². The lowest BCUT2D eigenvalue weighted by atomic mass is 10.1. The van der Waals surface area contributed by atoms with Gasteiger partial charge in [0.15, 0.2) is 0 Å². The summed E-state index contributed by atoms with van der Waals surface area (Å²) in [6.45, 7) is 2.26. The zero-order chi connectivity index (χ0) is 19.4. The van der Waals surface area contributed by atoms with Crippen molar-refractivity contribution in [3.63, 3.8) is 0 Å². The van der Waals surface area contributed by atoms with Gasteiger partial charge in [0.05, 0.1) is 0 Å². The van der Waals surface area contributed by atoms with Gasteiger partial charge < -0.3 is 10.6 Å². The molecule has 0 bridgehead atoms. The second-order valence-electron chi connectivity index (χ2n) is 5.51. The molecule has 0 spiro atoms. The fourth-order valence-electron chi connectivity index (χ4n) is 2.01. The van der Waals surface area contributed by atoms with Crippen LogP contribution in [0, 0.1) is 0 Å². The Morgan fingerprint density at radius 1 is 1.04 bits per heavy atom. The second-order valence-corrected chi connectivity index (χ2v) is 5.51. The summed E-state index contributed by atoms with van der Waals surface area (Å²) in [6, 6.07) is 5.99. The van der Waals surface area contributed by atoms with E-state index in [1.807, 2.05) is 0 Å². The molecule has 0 aliphatic carbocycles. The van der Waals surface area contributed by atoms with Crippen molar-refractivity contribution < 1.29 is 26.3 Å². The maximum Gasteiger partial charge on any atom is 0.449 e. The lowest BCUT2D eigenvalue weighted by molar-refractivity contribution is -0.0947. The first kappa shape index (κ1) is 20.9. The summed E-state index contributed by atoms with van der Waals surface area (Å²) in [5.74, 6) is -1.61. The van der Waals surface area contributed by atoms with Gasteiger partial charge in [-0.2, -0.15) is 26.3 Å². The zero-order valence-corrected chi connectivity index (χ0v) is 14.0. The Bertz CT molecular complexity index is 641. The Kier molecular flexibility index (Phi) is 6.50. The topological polar surface area (TPSA) is 41.6 Å². The van der Waals surface area contributed by atoms with Crippen molar-refractivity contribution in [1.82, 2.24) is 4.90 Å². The van der Waals surface area contributed by atoms with E-state index >= 15 is 0 Å². The SMILES string of the molecule is CCC(C)=C(N=C(N(C)Cc1ccc(N)cc1)C(F)(F)F)C(F)(F)F. The number of benzene rings is 1. The standard InChI is InChI=1S/C16H19F6N3/c1-4-10(2)13(15(17,18)19)24-14(16(20,21)22)25(3)9-11-5-7-12(23)8-6-11/h5-8H,4,9,23H2,1-3H3. The number of nitrogen functional groups attached to an aromatic ring is 1. The van der Waals surface area contributed by atoms with Gasteiger partial charge in [-0.25, -0.2) is 4.99 Å². The van der Waals surface area contributed by atoms with Gasteiger partial charge in [0.25, 0.3) is 0 Å². The minimum atomic E-state index is -5.03. The van der Waals surface area contributed by atoms with Crippen molar-refractivity contribution in [2.45, 2.75) is 39.2 Å². The number of alkyl halides is 6. The molecular weight excluding hydrogens is 348 g/mol. The molecule has 0 radical (unpaired) electrons. The Labute approximate surface area is 141 Å². The Morgan fingerprint density at radius 3 is 1.96 bits per heavy atom. The number of hydrogen-bond acceptors (Lipinski definition) is 2. The molecule has 0 aliphatic heterocycles. The molecule has 0 aromatic heterocycles. The highest BCUT2D eigenvalue weighted by Crippen LogP contribution is 2.32. The van der Waals surface area contributed by atoms with E-state index in [9.17, 15) is 26.3 Å². The summed E-state index contributed by atoms with van der Waals surface area (Å²) in [5.41, 5.74) is 4.59. The van der Waals surface area contributed by atoms with E-state index in [1.54, 1.807) is 0 Å². The highest BCUT2D eigenvalue weighted by molar-refractivity contribution is 5.88. The molecule has 0 heterocycles. The predicted molar refractivity (Wildman–Crippen MR) is 84.9 cm³/mol. The molecule has 1 rings (SSSR count). The van der Waals surface area contributed by atoms with Gasteiger partial charge in [-0.1, -0.05) is 19.1 Å². The number of hydrogen-bond donors (Lipinski definition) is 1. The molecule has 0 aliphatic rings. The van der Waals surface area contributed by atoms with E-state index in [1.165, 1.54) is 31.2 Å². The van der Waals surface area contributed by atoms with Crippen LogP contribution in [0.3, 0.4) is 0 Å². The summed E-state index contributed by atoms with van der Waals surface area (Å²) in [5, 5.41) is 0. The molecule has 0 saturated heterocycles. The predicted octanol–water partition coefficient (Wildman–Crippen LogP) is 4.91. The molecule has 1 aromatic carbocycles. The van der Waals surface area contributed by atoms with Gasteiger partial charge in [-0.3, -0.25) is 0 Å². The van der Waals surface area contributed by atoms with Crippen molar-refractivity contribution in [2.75, 3.05) is 12.8 Å². The third-order valence-corrected chi connectivity index (χ3v) is 3.44. The highest BCUT2D eigenvalue weighted by Gasteiger charge is 2.42. The molecule has 3 nitrogen and oxygen atoms in total. The lowest BCUT2D eigenvalue weighted by Gasteiger charge is -2.24. The van der Waals surface area contributed by atoms with E-state index in [4.69, 9.17) is 5.73 Å². The third-order valence-electron chi connectivity index (χ3n) is 3.44. The van der Waals surface area contributed by atoms with Crippen LogP contribution < -0.4 is 5.73 Å². The van der Waals surface area contributed by atoms with E-state index in [-0.39, 0.29) is 18.5 Å². The van der Waals surface area contributed by atoms with Gasteiger partial charge in [-0.05, 0) is 36.6 Å². The summed E-state index contributed by atoms with van der Waals surface area (Å²) >= 11 is 0.